The van der Waals surface area contributed by atoms with Gasteiger partial charge in [-0.25, -0.2) is 14.4 Å². The zero-order chi connectivity index (χ0) is 21.3. The molecule has 0 fully saturated rings. The van der Waals surface area contributed by atoms with Crippen molar-refractivity contribution >= 4 is 34.8 Å². The van der Waals surface area contributed by atoms with E-state index in [2.05, 4.69) is 13.8 Å². The van der Waals surface area contributed by atoms with Crippen LogP contribution in [0, 0.1) is 5.82 Å². The molecule has 1 heterocycles. The van der Waals surface area contributed by atoms with E-state index in [0.717, 1.165) is 33.8 Å². The summed E-state index contributed by atoms with van der Waals surface area (Å²) in [5, 5.41) is 1.42. The fraction of sp³-hybridized carbons (Fsp3) is 0.200. The van der Waals surface area contributed by atoms with Gasteiger partial charge in [0.05, 0.1) is 12.8 Å². The van der Waals surface area contributed by atoms with Crippen LogP contribution in [0.3, 0.4) is 0 Å². The first kappa shape index (κ1) is 22.5. The molecule has 0 aliphatic carbocycles. The Morgan fingerprint density at radius 3 is 2.23 bits per heavy atom. The molecular weight excluding hydrogens is 413 g/mol. The summed E-state index contributed by atoms with van der Waals surface area (Å²) in [7, 11) is 3.58. The first-order valence-electron chi connectivity index (χ1n) is 9.92. The highest BCUT2D eigenvalue weighted by molar-refractivity contribution is 5.96. The van der Waals surface area contributed by atoms with Crippen molar-refractivity contribution in [1.29, 1.82) is 0 Å². The summed E-state index contributed by atoms with van der Waals surface area (Å²) in [6.07, 6.45) is 0. The smallest absolute Gasteiger partial charge is 0.230 e. The second kappa shape index (κ2) is 9.31. The van der Waals surface area contributed by atoms with Gasteiger partial charge in [0.25, 0.3) is 0 Å². The molecular formula is C25H25ClFN3O. The maximum Gasteiger partial charge on any atom is 0.230 e. The van der Waals surface area contributed by atoms with Gasteiger partial charge in [0, 0.05) is 29.4 Å². The minimum absolute atomic E-state index is 0. The van der Waals surface area contributed by atoms with E-state index >= 15 is 0 Å². The molecule has 0 aliphatic rings. The Morgan fingerprint density at radius 1 is 0.903 bits per heavy atom. The molecule has 0 aliphatic heterocycles. The third kappa shape index (κ3) is 4.47. The van der Waals surface area contributed by atoms with E-state index in [1.165, 1.54) is 6.07 Å². The molecule has 3 aromatic carbocycles. The number of benzene rings is 3. The van der Waals surface area contributed by atoms with Crippen LogP contribution in [0.15, 0.2) is 66.7 Å². The zero-order valence-corrected chi connectivity index (χ0v) is 18.8. The average Bonchev–Trinajstić information content (AvgIpc) is 2.78. The maximum absolute atomic E-state index is 14.3. The Labute approximate surface area is 188 Å². The van der Waals surface area contributed by atoms with Gasteiger partial charge >= 0.3 is 0 Å². The Bertz CT molecular complexity index is 1200. The highest BCUT2D eigenvalue weighted by atomic mass is 35.5. The lowest BCUT2D eigenvalue weighted by atomic mass is 10.00. The maximum atomic E-state index is 14.3. The monoisotopic (exact) mass is 437 g/mol. The van der Waals surface area contributed by atoms with E-state index in [0.29, 0.717) is 11.3 Å². The predicted molar refractivity (Wildman–Crippen MR) is 127 cm³/mol. The Balaban J connectivity index is 0.00000272. The molecule has 4 nitrogen and oxygen atoms in total. The molecule has 0 radical (unpaired) electrons. The van der Waals surface area contributed by atoms with Crippen molar-refractivity contribution in [3.05, 3.63) is 78.2 Å². The molecule has 0 unspecified atom stereocenters. The second-order valence-electron chi connectivity index (χ2n) is 7.53. The van der Waals surface area contributed by atoms with Crippen molar-refractivity contribution in [2.75, 3.05) is 19.1 Å². The third-order valence-electron chi connectivity index (χ3n) is 5.23. The van der Waals surface area contributed by atoms with Gasteiger partial charge in [0.2, 0.25) is 5.95 Å². The molecule has 31 heavy (non-hydrogen) atoms. The summed E-state index contributed by atoms with van der Waals surface area (Å²) >= 11 is 0. The molecule has 0 spiro atoms. The summed E-state index contributed by atoms with van der Waals surface area (Å²) in [6.45, 7) is 4.21. The van der Waals surface area contributed by atoms with Crippen LogP contribution in [0.2, 0.25) is 0 Å². The first-order chi connectivity index (χ1) is 14.5. The number of nitrogens with zero attached hydrogens (tertiary/aromatic N) is 3. The lowest BCUT2D eigenvalue weighted by Crippen LogP contribution is -2.15. The number of aromatic nitrogens is 2. The van der Waals surface area contributed by atoms with Crippen molar-refractivity contribution in [3.63, 3.8) is 0 Å². The number of hydrogen-bond donors (Lipinski definition) is 0. The highest BCUT2D eigenvalue weighted by Gasteiger charge is 2.16. The van der Waals surface area contributed by atoms with Gasteiger partial charge in [-0.15, -0.1) is 12.4 Å². The summed E-state index contributed by atoms with van der Waals surface area (Å²) < 4.78 is 19.6. The largest absolute Gasteiger partial charge is 0.497 e. The van der Waals surface area contributed by atoms with E-state index in [1.807, 2.05) is 60.5 Å². The Hall–Kier alpha value is -3.18. The fourth-order valence-electron chi connectivity index (χ4n) is 3.44. The molecule has 0 saturated heterocycles. The van der Waals surface area contributed by atoms with E-state index in [4.69, 9.17) is 14.7 Å². The SMILES string of the molecule is COc1ccc(N(C)c2nc(-c3ccc(F)c4ccccc34)cc(C(C)C)n2)cc1.Cl. The van der Waals surface area contributed by atoms with Crippen LogP contribution in [0.5, 0.6) is 5.75 Å². The zero-order valence-electron chi connectivity index (χ0n) is 18.0. The third-order valence-corrected chi connectivity index (χ3v) is 5.23. The molecule has 0 atom stereocenters. The predicted octanol–water partition coefficient (Wildman–Crippen LogP) is 6.76. The van der Waals surface area contributed by atoms with Crippen molar-refractivity contribution in [1.82, 2.24) is 9.97 Å². The number of anilines is 2. The van der Waals surface area contributed by atoms with Crippen LogP contribution in [-0.4, -0.2) is 24.1 Å². The van der Waals surface area contributed by atoms with Crippen LogP contribution in [-0.2, 0) is 0 Å². The standard InChI is InChI=1S/C25H24FN3O.ClH/c1-16(2)23-15-24(21-13-14-22(26)20-8-6-5-7-19(20)21)28-25(27-23)29(3)17-9-11-18(30-4)12-10-17;/h5-16H,1-4H3;1H. The summed E-state index contributed by atoms with van der Waals surface area (Å²) in [5.41, 5.74) is 3.55. The normalized spacial score (nSPS) is 10.8. The van der Waals surface area contributed by atoms with Crippen molar-refractivity contribution in [2.45, 2.75) is 19.8 Å². The van der Waals surface area contributed by atoms with Crippen molar-refractivity contribution < 1.29 is 9.13 Å². The Morgan fingerprint density at radius 2 is 1.58 bits per heavy atom. The lowest BCUT2D eigenvalue weighted by Gasteiger charge is -2.20. The van der Waals surface area contributed by atoms with Crippen LogP contribution < -0.4 is 9.64 Å². The van der Waals surface area contributed by atoms with Gasteiger partial charge in [-0.2, -0.15) is 0 Å². The summed E-state index contributed by atoms with van der Waals surface area (Å²) in [5.74, 6) is 1.38. The quantitative estimate of drug-likeness (QED) is 0.346. The molecule has 4 rings (SSSR count). The number of fused-ring (bicyclic) bond motifs is 1. The highest BCUT2D eigenvalue weighted by Crippen LogP contribution is 2.32. The van der Waals surface area contributed by atoms with E-state index in [9.17, 15) is 4.39 Å². The number of halogens is 2. The second-order valence-corrected chi connectivity index (χ2v) is 7.53. The fourth-order valence-corrected chi connectivity index (χ4v) is 3.44. The molecule has 0 N–H and O–H groups in total. The van der Waals surface area contributed by atoms with Crippen LogP contribution in [0.25, 0.3) is 22.0 Å². The van der Waals surface area contributed by atoms with E-state index in [1.54, 1.807) is 19.2 Å². The number of ether oxygens (including phenoxy) is 1. The molecule has 0 bridgehead atoms. The summed E-state index contributed by atoms with van der Waals surface area (Å²) in [4.78, 5) is 11.6. The van der Waals surface area contributed by atoms with Crippen LogP contribution in [0.1, 0.15) is 25.5 Å². The number of hydrogen-bond acceptors (Lipinski definition) is 4. The number of rotatable bonds is 5. The van der Waals surface area contributed by atoms with Crippen molar-refractivity contribution in [3.8, 4) is 17.0 Å². The minimum atomic E-state index is -0.233. The van der Waals surface area contributed by atoms with Crippen LogP contribution >= 0.6 is 12.4 Å². The molecule has 160 valence electrons. The molecule has 0 saturated carbocycles. The number of methoxy groups -OCH3 is 1. The molecule has 4 aromatic rings. The van der Waals surface area contributed by atoms with Crippen LogP contribution in [0.4, 0.5) is 16.0 Å². The van der Waals surface area contributed by atoms with Gasteiger partial charge in [0.15, 0.2) is 0 Å². The molecule has 1 aromatic heterocycles. The van der Waals surface area contributed by atoms with E-state index in [-0.39, 0.29) is 24.1 Å². The lowest BCUT2D eigenvalue weighted by molar-refractivity contribution is 0.415. The minimum Gasteiger partial charge on any atom is -0.497 e. The van der Waals surface area contributed by atoms with Gasteiger partial charge in [-0.05, 0) is 53.8 Å². The van der Waals surface area contributed by atoms with Gasteiger partial charge < -0.3 is 9.64 Å². The molecule has 0 amide bonds. The molecule has 6 heteroatoms. The van der Waals surface area contributed by atoms with Gasteiger partial charge in [-0.3, -0.25) is 0 Å². The summed E-state index contributed by atoms with van der Waals surface area (Å²) in [6, 6.07) is 20.5. The van der Waals surface area contributed by atoms with Gasteiger partial charge in [0.1, 0.15) is 11.6 Å². The Kier molecular flexibility index (Phi) is 6.76. The van der Waals surface area contributed by atoms with Gasteiger partial charge in [-0.1, -0.05) is 38.1 Å². The van der Waals surface area contributed by atoms with E-state index < -0.39 is 0 Å². The average molecular weight is 438 g/mol. The first-order valence-corrected chi connectivity index (χ1v) is 9.92. The van der Waals surface area contributed by atoms with Crippen molar-refractivity contribution in [2.24, 2.45) is 0 Å². The topological polar surface area (TPSA) is 38.2 Å².